The number of rotatable bonds is 3. The van der Waals surface area contributed by atoms with Crippen LogP contribution in [0, 0.1) is 0 Å². The minimum absolute atomic E-state index is 0.190. The van der Waals surface area contributed by atoms with Gasteiger partial charge in [-0.2, -0.15) is 0 Å². The number of hydrogen-bond donors (Lipinski definition) is 5. The molecule has 1 rings (SSSR count). The number of aliphatic hydroxyl groups is 3. The highest BCUT2D eigenvalue weighted by atomic mass is 16.6. The van der Waals surface area contributed by atoms with Crippen molar-refractivity contribution >= 4 is 5.97 Å². The third-order valence-electron chi connectivity index (χ3n) is 2.80. The Bertz CT molecular complexity index is 273. The van der Waals surface area contributed by atoms with Crippen LogP contribution in [-0.4, -0.2) is 63.0 Å². The maximum atomic E-state index is 11.0. The van der Waals surface area contributed by atoms with E-state index in [1.807, 2.05) is 0 Å². The topological polar surface area (TPSA) is 133 Å². The molecule has 16 heavy (non-hydrogen) atoms. The first kappa shape index (κ1) is 13.3. The molecule has 0 amide bonds. The summed E-state index contributed by atoms with van der Waals surface area (Å²) in [6.45, 7) is 1.09. The molecule has 0 radical (unpaired) electrons. The molecular formula is C9H17NO6. The molecule has 7 heteroatoms. The van der Waals surface area contributed by atoms with Crippen LogP contribution in [0.3, 0.4) is 0 Å². The van der Waals surface area contributed by atoms with E-state index >= 15 is 0 Å². The van der Waals surface area contributed by atoms with Crippen molar-refractivity contribution in [1.82, 2.24) is 0 Å². The van der Waals surface area contributed by atoms with Gasteiger partial charge in [0.2, 0.25) is 0 Å². The molecule has 1 unspecified atom stereocenters. The summed E-state index contributed by atoms with van der Waals surface area (Å²) in [4.78, 5) is 11.0. The number of hydrogen-bond acceptors (Lipinski definition) is 6. The largest absolute Gasteiger partial charge is 0.479 e. The van der Waals surface area contributed by atoms with E-state index in [1.54, 1.807) is 0 Å². The molecule has 0 bridgehead atoms. The zero-order chi connectivity index (χ0) is 12.5. The zero-order valence-corrected chi connectivity index (χ0v) is 8.91. The molecule has 1 heterocycles. The Morgan fingerprint density at radius 3 is 2.62 bits per heavy atom. The second-order valence-electron chi connectivity index (χ2n) is 4.18. The number of aliphatic carboxylic acids is 1. The van der Waals surface area contributed by atoms with Gasteiger partial charge < -0.3 is 30.9 Å². The molecule has 1 aliphatic rings. The molecule has 7 nitrogen and oxygen atoms in total. The third kappa shape index (κ3) is 2.33. The zero-order valence-electron chi connectivity index (χ0n) is 8.91. The highest BCUT2D eigenvalue weighted by Crippen LogP contribution is 2.30. The molecule has 1 saturated heterocycles. The maximum Gasteiger partial charge on any atom is 0.335 e. The molecule has 1 fully saturated rings. The number of carbonyl (C=O) groups is 1. The summed E-state index contributed by atoms with van der Waals surface area (Å²) in [6.07, 6.45) is -5.26. The van der Waals surface area contributed by atoms with Gasteiger partial charge in [0.15, 0.2) is 5.60 Å². The summed E-state index contributed by atoms with van der Waals surface area (Å²) in [5.41, 5.74) is 3.58. The van der Waals surface area contributed by atoms with Crippen molar-refractivity contribution in [2.24, 2.45) is 5.73 Å². The molecule has 1 aliphatic heterocycles. The Labute approximate surface area is 92.4 Å². The van der Waals surface area contributed by atoms with Crippen LogP contribution in [0.25, 0.3) is 0 Å². The van der Waals surface area contributed by atoms with Gasteiger partial charge >= 0.3 is 5.97 Å². The first-order valence-corrected chi connectivity index (χ1v) is 4.97. The van der Waals surface area contributed by atoms with Crippen LogP contribution in [0.15, 0.2) is 0 Å². The van der Waals surface area contributed by atoms with Gasteiger partial charge in [-0.25, -0.2) is 4.79 Å². The maximum absolute atomic E-state index is 11.0. The van der Waals surface area contributed by atoms with Gasteiger partial charge in [0.05, 0.1) is 12.2 Å². The quantitative estimate of drug-likeness (QED) is 0.370. The van der Waals surface area contributed by atoms with E-state index in [4.69, 9.17) is 15.6 Å². The lowest BCUT2D eigenvalue weighted by atomic mass is 9.87. The van der Waals surface area contributed by atoms with Crippen LogP contribution in [0.2, 0.25) is 0 Å². The van der Waals surface area contributed by atoms with Crippen LogP contribution in [0.5, 0.6) is 0 Å². The Morgan fingerprint density at radius 1 is 1.62 bits per heavy atom. The second kappa shape index (κ2) is 4.64. The van der Waals surface area contributed by atoms with Crippen molar-refractivity contribution in [3.8, 4) is 0 Å². The predicted molar refractivity (Wildman–Crippen MR) is 52.6 cm³/mol. The van der Waals surface area contributed by atoms with Gasteiger partial charge in [-0.3, -0.25) is 0 Å². The minimum Gasteiger partial charge on any atom is -0.479 e. The van der Waals surface area contributed by atoms with E-state index in [2.05, 4.69) is 0 Å². The molecular weight excluding hydrogens is 218 g/mol. The number of nitrogens with two attached hydrogens (primary N) is 1. The fourth-order valence-corrected chi connectivity index (χ4v) is 1.73. The summed E-state index contributed by atoms with van der Waals surface area (Å²) < 4.78 is 5.13. The summed E-state index contributed by atoms with van der Waals surface area (Å²) in [6, 6.07) is 0. The van der Waals surface area contributed by atoms with Crippen LogP contribution < -0.4 is 5.73 Å². The van der Waals surface area contributed by atoms with Crippen molar-refractivity contribution in [3.05, 3.63) is 0 Å². The van der Waals surface area contributed by atoms with Gasteiger partial charge in [0.25, 0.3) is 0 Å². The molecule has 6 N–H and O–H groups in total. The highest BCUT2D eigenvalue weighted by Gasteiger charge is 2.49. The van der Waals surface area contributed by atoms with E-state index in [-0.39, 0.29) is 13.0 Å². The van der Waals surface area contributed by atoms with E-state index in [0.717, 1.165) is 0 Å². The summed E-state index contributed by atoms with van der Waals surface area (Å²) >= 11 is 0. The Kier molecular flexibility index (Phi) is 3.87. The molecule has 0 spiro atoms. The monoisotopic (exact) mass is 235 g/mol. The van der Waals surface area contributed by atoms with E-state index in [9.17, 15) is 20.1 Å². The van der Waals surface area contributed by atoms with Crippen molar-refractivity contribution < 1.29 is 30.0 Å². The van der Waals surface area contributed by atoms with Gasteiger partial charge in [-0.05, 0) is 6.92 Å². The Balaban J connectivity index is 2.89. The number of carboxylic acids is 1. The number of ether oxygens (including phenoxy) is 1. The molecule has 0 saturated carbocycles. The lowest BCUT2D eigenvalue weighted by Gasteiger charge is -2.42. The summed E-state index contributed by atoms with van der Waals surface area (Å²) in [5.74, 6) is -1.26. The van der Waals surface area contributed by atoms with Crippen molar-refractivity contribution in [2.45, 2.75) is 43.4 Å². The van der Waals surface area contributed by atoms with Crippen LogP contribution in [0.4, 0.5) is 0 Å². The van der Waals surface area contributed by atoms with Gasteiger partial charge in [0.1, 0.15) is 12.2 Å². The Hall–Kier alpha value is -0.730. The fourth-order valence-electron chi connectivity index (χ4n) is 1.73. The third-order valence-corrected chi connectivity index (χ3v) is 2.80. The average molecular weight is 235 g/mol. The number of carboxylic acid groups (broad SMARTS) is 1. The molecule has 94 valence electrons. The van der Waals surface area contributed by atoms with Crippen molar-refractivity contribution in [2.75, 3.05) is 6.54 Å². The van der Waals surface area contributed by atoms with Crippen molar-refractivity contribution in [1.29, 1.82) is 0 Å². The highest BCUT2D eigenvalue weighted by molar-refractivity contribution is 5.77. The SMILES string of the molecule is C[C@]1(C(=O)O)C[C@H](O)[C@@H](O)C([C@H](O)CN)O1. The average Bonchev–Trinajstić information content (AvgIpc) is 2.22. The summed E-state index contributed by atoms with van der Waals surface area (Å²) in [7, 11) is 0. The Morgan fingerprint density at radius 2 is 2.19 bits per heavy atom. The second-order valence-corrected chi connectivity index (χ2v) is 4.18. The van der Waals surface area contributed by atoms with Gasteiger partial charge in [-0.15, -0.1) is 0 Å². The van der Waals surface area contributed by atoms with E-state index in [0.29, 0.717) is 0 Å². The standard InChI is InChI=1S/C9H17NO6/c1-9(8(14)15)2-4(11)6(13)7(16-9)5(12)3-10/h4-7,11-13H,2-3,10H2,1H3,(H,14,15)/t4-,5+,6+,7?,9+/m0/s1. The van der Waals surface area contributed by atoms with Crippen molar-refractivity contribution in [3.63, 3.8) is 0 Å². The molecule has 0 aromatic carbocycles. The lowest BCUT2D eigenvalue weighted by molar-refractivity contribution is -0.237. The molecule has 0 aliphatic carbocycles. The van der Waals surface area contributed by atoms with Crippen LogP contribution in [-0.2, 0) is 9.53 Å². The summed E-state index contributed by atoms with van der Waals surface area (Å²) in [5, 5.41) is 37.5. The molecule has 0 aromatic heterocycles. The van der Waals surface area contributed by atoms with Gasteiger partial charge in [0, 0.05) is 13.0 Å². The van der Waals surface area contributed by atoms with E-state index < -0.39 is 36.0 Å². The smallest absolute Gasteiger partial charge is 0.335 e. The molecule has 5 atom stereocenters. The lowest BCUT2D eigenvalue weighted by Crippen LogP contribution is -2.61. The van der Waals surface area contributed by atoms with Crippen LogP contribution >= 0.6 is 0 Å². The van der Waals surface area contributed by atoms with Crippen LogP contribution in [0.1, 0.15) is 13.3 Å². The normalized spacial score (nSPS) is 41.7. The number of aliphatic hydroxyl groups excluding tert-OH is 3. The minimum atomic E-state index is -1.63. The van der Waals surface area contributed by atoms with Gasteiger partial charge in [-0.1, -0.05) is 0 Å². The first-order chi connectivity index (χ1) is 7.31. The predicted octanol–water partition coefficient (Wildman–Crippen LogP) is -2.34. The molecule has 0 aromatic rings. The fraction of sp³-hybridized carbons (Fsp3) is 0.889. The van der Waals surface area contributed by atoms with E-state index in [1.165, 1.54) is 6.92 Å². The first-order valence-electron chi connectivity index (χ1n) is 4.97.